The second kappa shape index (κ2) is 16.4. The summed E-state index contributed by atoms with van der Waals surface area (Å²) in [6.07, 6.45) is 19.5. The number of allylic oxidation sites excluding steroid dienone is 2. The van der Waals surface area contributed by atoms with Crippen molar-refractivity contribution in [1.29, 1.82) is 0 Å². The van der Waals surface area contributed by atoms with Gasteiger partial charge in [-0.05, 0) is 48.6 Å². The first kappa shape index (κ1) is 24.5. The molecule has 0 saturated heterocycles. The third-order valence-electron chi connectivity index (χ3n) is 5.70. The predicted molar refractivity (Wildman–Crippen MR) is 122 cm³/mol. The SMILES string of the molecule is CCCCCCCCCCCCCCC/C(C=O)=C(\C)c1ccc(OC)cc1. The molecule has 1 rings (SSSR count). The minimum Gasteiger partial charge on any atom is -0.497 e. The summed E-state index contributed by atoms with van der Waals surface area (Å²) >= 11 is 0. The average Bonchev–Trinajstić information content (AvgIpc) is 2.73. The molecule has 1 aromatic rings. The monoisotopic (exact) mass is 386 g/mol. The lowest BCUT2D eigenvalue weighted by Crippen LogP contribution is -1.93. The number of unbranched alkanes of at least 4 members (excludes halogenated alkanes) is 12. The van der Waals surface area contributed by atoms with Crippen LogP contribution in [0.1, 0.15) is 109 Å². The van der Waals surface area contributed by atoms with E-state index < -0.39 is 0 Å². The normalized spacial score (nSPS) is 12.0. The zero-order valence-electron chi connectivity index (χ0n) is 18.6. The maximum Gasteiger partial charge on any atom is 0.146 e. The molecule has 0 aromatic heterocycles. The summed E-state index contributed by atoms with van der Waals surface area (Å²) in [5.41, 5.74) is 3.14. The van der Waals surface area contributed by atoms with Crippen LogP contribution in [0.3, 0.4) is 0 Å². The Labute approximate surface area is 173 Å². The summed E-state index contributed by atoms with van der Waals surface area (Å²) in [6.45, 7) is 4.33. The zero-order chi connectivity index (χ0) is 20.5. The number of aldehydes is 1. The second-order valence-electron chi connectivity index (χ2n) is 7.99. The van der Waals surface area contributed by atoms with Crippen LogP contribution in [0.25, 0.3) is 5.57 Å². The molecule has 158 valence electrons. The summed E-state index contributed by atoms with van der Waals surface area (Å²) in [5, 5.41) is 0. The molecular formula is C26H42O2. The van der Waals surface area contributed by atoms with Crippen LogP contribution < -0.4 is 4.74 Å². The fraction of sp³-hybridized carbons (Fsp3) is 0.654. The molecule has 2 heteroatoms. The molecule has 28 heavy (non-hydrogen) atoms. The zero-order valence-corrected chi connectivity index (χ0v) is 18.6. The Bertz CT molecular complexity index is 542. The van der Waals surface area contributed by atoms with E-state index in [2.05, 4.69) is 6.92 Å². The van der Waals surface area contributed by atoms with Crippen molar-refractivity contribution in [3.63, 3.8) is 0 Å². The largest absolute Gasteiger partial charge is 0.497 e. The third kappa shape index (κ3) is 10.7. The van der Waals surface area contributed by atoms with Crippen molar-refractivity contribution in [3.8, 4) is 5.75 Å². The lowest BCUT2D eigenvalue weighted by molar-refractivity contribution is -0.105. The molecule has 0 aliphatic rings. The molecule has 0 N–H and O–H groups in total. The molecular weight excluding hydrogens is 344 g/mol. The first-order valence-electron chi connectivity index (χ1n) is 11.5. The third-order valence-corrected chi connectivity index (χ3v) is 5.70. The van der Waals surface area contributed by atoms with E-state index >= 15 is 0 Å². The lowest BCUT2D eigenvalue weighted by atomic mass is 9.97. The van der Waals surface area contributed by atoms with Crippen LogP contribution in [0.2, 0.25) is 0 Å². The van der Waals surface area contributed by atoms with Crippen LogP contribution in [0, 0.1) is 0 Å². The van der Waals surface area contributed by atoms with E-state index in [1.807, 2.05) is 31.2 Å². The van der Waals surface area contributed by atoms with Gasteiger partial charge in [-0.3, -0.25) is 4.79 Å². The van der Waals surface area contributed by atoms with Gasteiger partial charge in [-0.15, -0.1) is 0 Å². The van der Waals surface area contributed by atoms with Crippen molar-refractivity contribution in [2.75, 3.05) is 7.11 Å². The number of ether oxygens (including phenoxy) is 1. The van der Waals surface area contributed by atoms with Gasteiger partial charge in [0.1, 0.15) is 12.0 Å². The lowest BCUT2D eigenvalue weighted by Gasteiger charge is -2.08. The van der Waals surface area contributed by atoms with Gasteiger partial charge in [0.2, 0.25) is 0 Å². The first-order valence-corrected chi connectivity index (χ1v) is 11.5. The van der Waals surface area contributed by atoms with Crippen LogP contribution >= 0.6 is 0 Å². The molecule has 2 nitrogen and oxygen atoms in total. The highest BCUT2D eigenvalue weighted by atomic mass is 16.5. The Morgan fingerprint density at radius 2 is 1.25 bits per heavy atom. The van der Waals surface area contributed by atoms with Gasteiger partial charge < -0.3 is 4.74 Å². The molecule has 0 spiro atoms. The van der Waals surface area contributed by atoms with E-state index in [4.69, 9.17) is 4.74 Å². The van der Waals surface area contributed by atoms with Gasteiger partial charge in [0, 0.05) is 0 Å². The molecule has 0 unspecified atom stereocenters. The Morgan fingerprint density at radius 1 is 0.786 bits per heavy atom. The van der Waals surface area contributed by atoms with Crippen molar-refractivity contribution in [2.24, 2.45) is 0 Å². The van der Waals surface area contributed by atoms with E-state index in [9.17, 15) is 4.79 Å². The number of hydrogen-bond acceptors (Lipinski definition) is 2. The minimum absolute atomic E-state index is 0.848. The molecule has 0 aliphatic carbocycles. The van der Waals surface area contributed by atoms with E-state index in [0.29, 0.717) is 0 Å². The van der Waals surface area contributed by atoms with E-state index in [-0.39, 0.29) is 0 Å². The molecule has 0 fully saturated rings. The highest BCUT2D eigenvalue weighted by Gasteiger charge is 2.05. The number of methoxy groups -OCH3 is 1. The second-order valence-corrected chi connectivity index (χ2v) is 7.99. The Kier molecular flexibility index (Phi) is 14.3. The molecule has 0 bridgehead atoms. The summed E-state index contributed by atoms with van der Waals surface area (Å²) in [6, 6.07) is 7.96. The fourth-order valence-electron chi connectivity index (χ4n) is 3.69. The number of benzene rings is 1. The summed E-state index contributed by atoms with van der Waals surface area (Å²) in [7, 11) is 1.67. The number of carbonyl (C=O) groups excluding carboxylic acids is 1. The molecule has 0 atom stereocenters. The van der Waals surface area contributed by atoms with Crippen molar-refractivity contribution in [3.05, 3.63) is 35.4 Å². The standard InChI is InChI=1S/C26H42O2/c1-4-5-6-7-8-9-10-11-12-13-14-15-16-17-25(22-27)23(2)24-18-20-26(28-3)21-19-24/h18-22H,4-17H2,1-3H3/b25-23-. The summed E-state index contributed by atoms with van der Waals surface area (Å²) in [4.78, 5) is 11.5. The molecule has 0 radical (unpaired) electrons. The molecule has 1 aromatic carbocycles. The van der Waals surface area contributed by atoms with Gasteiger partial charge in [0.15, 0.2) is 0 Å². The van der Waals surface area contributed by atoms with Gasteiger partial charge in [0.05, 0.1) is 7.11 Å². The Balaban J connectivity index is 2.12. The Hall–Kier alpha value is -1.57. The van der Waals surface area contributed by atoms with Gasteiger partial charge >= 0.3 is 0 Å². The maximum absolute atomic E-state index is 11.5. The van der Waals surface area contributed by atoms with Crippen molar-refractivity contribution < 1.29 is 9.53 Å². The van der Waals surface area contributed by atoms with Crippen LogP contribution in [-0.4, -0.2) is 13.4 Å². The van der Waals surface area contributed by atoms with Crippen molar-refractivity contribution >= 4 is 11.9 Å². The maximum atomic E-state index is 11.5. The molecule has 0 aliphatic heterocycles. The smallest absolute Gasteiger partial charge is 0.146 e. The number of rotatable bonds is 17. The average molecular weight is 387 g/mol. The quantitative estimate of drug-likeness (QED) is 0.153. The topological polar surface area (TPSA) is 26.3 Å². The molecule has 0 saturated carbocycles. The number of hydrogen-bond donors (Lipinski definition) is 0. The van der Waals surface area contributed by atoms with Gasteiger partial charge in [-0.1, -0.05) is 96.1 Å². The van der Waals surface area contributed by atoms with E-state index in [1.165, 1.54) is 77.0 Å². The fourth-order valence-corrected chi connectivity index (χ4v) is 3.69. The molecule has 0 amide bonds. The molecule has 0 heterocycles. The Morgan fingerprint density at radius 3 is 1.68 bits per heavy atom. The van der Waals surface area contributed by atoms with Gasteiger partial charge in [0.25, 0.3) is 0 Å². The van der Waals surface area contributed by atoms with Gasteiger partial charge in [-0.2, -0.15) is 0 Å². The van der Waals surface area contributed by atoms with E-state index in [1.54, 1.807) is 7.11 Å². The highest BCUT2D eigenvalue weighted by molar-refractivity contribution is 5.87. The predicted octanol–water partition coefficient (Wildman–Crippen LogP) is 8.15. The van der Waals surface area contributed by atoms with Gasteiger partial charge in [-0.25, -0.2) is 0 Å². The van der Waals surface area contributed by atoms with E-state index in [0.717, 1.165) is 41.6 Å². The first-order chi connectivity index (χ1) is 13.7. The minimum atomic E-state index is 0.848. The summed E-state index contributed by atoms with van der Waals surface area (Å²) < 4.78 is 5.20. The van der Waals surface area contributed by atoms with Crippen LogP contribution in [0.4, 0.5) is 0 Å². The van der Waals surface area contributed by atoms with Crippen LogP contribution in [-0.2, 0) is 4.79 Å². The number of carbonyl (C=O) groups is 1. The summed E-state index contributed by atoms with van der Waals surface area (Å²) in [5.74, 6) is 0.848. The van der Waals surface area contributed by atoms with Crippen molar-refractivity contribution in [1.82, 2.24) is 0 Å². The highest BCUT2D eigenvalue weighted by Crippen LogP contribution is 2.23. The van der Waals surface area contributed by atoms with Crippen molar-refractivity contribution in [2.45, 2.75) is 104 Å². The van der Waals surface area contributed by atoms with Crippen LogP contribution in [0.15, 0.2) is 29.8 Å². The van der Waals surface area contributed by atoms with Crippen LogP contribution in [0.5, 0.6) is 5.75 Å².